The van der Waals surface area contributed by atoms with Crippen molar-refractivity contribution in [3.8, 4) is 40.1 Å². The van der Waals surface area contributed by atoms with Crippen molar-refractivity contribution in [3.05, 3.63) is 114 Å². The molecule has 2 heterocycles. The molecule has 2 aromatic heterocycles. The standard InChI is InChI=1S/C32H21N5/c1-20-7-10-26(21(2)13-20)23-8-11-28-27-5-3-4-6-30(27)37(31(28)15-23)29-12-9-22(14-24(29)16-33)25-18-35-32(17-34)36-19-25/h3-15,18-19H,1-2H3. The molecule has 0 N–H and O–H groups in total. The number of nitriles is 2. The van der Waals surface area contributed by atoms with E-state index in [1.165, 1.54) is 16.7 Å². The number of aryl methyl sites for hydroxylation is 2. The summed E-state index contributed by atoms with van der Waals surface area (Å²) in [5.74, 6) is 0.116. The van der Waals surface area contributed by atoms with Gasteiger partial charge in [-0.05, 0) is 60.4 Å². The fourth-order valence-corrected chi connectivity index (χ4v) is 5.07. The number of hydrogen-bond acceptors (Lipinski definition) is 4. The van der Waals surface area contributed by atoms with Crippen LogP contribution in [0.2, 0.25) is 0 Å². The Morgan fingerprint density at radius 3 is 2.19 bits per heavy atom. The first-order valence-electron chi connectivity index (χ1n) is 12.0. The highest BCUT2D eigenvalue weighted by Crippen LogP contribution is 2.37. The summed E-state index contributed by atoms with van der Waals surface area (Å²) < 4.78 is 2.18. The number of hydrogen-bond donors (Lipinski definition) is 0. The Bertz CT molecular complexity index is 1910. The van der Waals surface area contributed by atoms with Crippen molar-refractivity contribution in [3.63, 3.8) is 0 Å². The second-order valence-corrected chi connectivity index (χ2v) is 9.15. The maximum absolute atomic E-state index is 10.2. The van der Waals surface area contributed by atoms with E-state index in [2.05, 4.69) is 83.0 Å². The van der Waals surface area contributed by atoms with Crippen LogP contribution >= 0.6 is 0 Å². The molecular formula is C32H21N5. The third-order valence-electron chi connectivity index (χ3n) is 6.81. The number of fused-ring (bicyclic) bond motifs is 3. The molecule has 0 fully saturated rings. The van der Waals surface area contributed by atoms with Crippen molar-refractivity contribution in [2.45, 2.75) is 13.8 Å². The predicted molar refractivity (Wildman–Crippen MR) is 146 cm³/mol. The minimum Gasteiger partial charge on any atom is -0.308 e. The molecule has 0 atom stereocenters. The first kappa shape index (κ1) is 22.2. The highest BCUT2D eigenvalue weighted by molar-refractivity contribution is 6.10. The third-order valence-corrected chi connectivity index (χ3v) is 6.81. The van der Waals surface area contributed by atoms with E-state index in [1.54, 1.807) is 12.4 Å². The van der Waals surface area contributed by atoms with Crippen LogP contribution in [0.3, 0.4) is 0 Å². The van der Waals surface area contributed by atoms with Crippen LogP contribution in [0.5, 0.6) is 0 Å². The zero-order valence-electron chi connectivity index (χ0n) is 20.4. The summed E-state index contributed by atoms with van der Waals surface area (Å²) in [6.45, 7) is 4.25. The van der Waals surface area contributed by atoms with Gasteiger partial charge >= 0.3 is 0 Å². The minimum atomic E-state index is 0.116. The summed E-state index contributed by atoms with van der Waals surface area (Å²) in [4.78, 5) is 8.15. The molecule has 0 saturated heterocycles. The molecule has 0 amide bonds. The topological polar surface area (TPSA) is 78.3 Å². The normalized spacial score (nSPS) is 10.9. The van der Waals surface area contributed by atoms with Crippen molar-refractivity contribution >= 4 is 21.8 Å². The van der Waals surface area contributed by atoms with E-state index in [9.17, 15) is 5.26 Å². The summed E-state index contributed by atoms with van der Waals surface area (Å²) in [5, 5.41) is 21.4. The Morgan fingerprint density at radius 1 is 0.676 bits per heavy atom. The summed E-state index contributed by atoms with van der Waals surface area (Å²) >= 11 is 0. The van der Waals surface area contributed by atoms with Gasteiger partial charge in [-0.15, -0.1) is 0 Å². The summed E-state index contributed by atoms with van der Waals surface area (Å²) in [5.41, 5.74) is 9.82. The summed E-state index contributed by atoms with van der Waals surface area (Å²) in [7, 11) is 0. The lowest BCUT2D eigenvalue weighted by molar-refractivity contribution is 1.11. The predicted octanol–water partition coefficient (Wildman–Crippen LogP) is 7.27. The van der Waals surface area contributed by atoms with E-state index in [1.807, 2.05) is 36.4 Å². The molecule has 5 nitrogen and oxygen atoms in total. The number of nitrogens with zero attached hydrogens (tertiary/aromatic N) is 5. The van der Waals surface area contributed by atoms with E-state index in [-0.39, 0.29) is 5.82 Å². The smallest absolute Gasteiger partial charge is 0.232 e. The van der Waals surface area contributed by atoms with Gasteiger partial charge in [0.05, 0.1) is 22.3 Å². The van der Waals surface area contributed by atoms with E-state index in [0.29, 0.717) is 5.56 Å². The zero-order chi connectivity index (χ0) is 25.5. The highest BCUT2D eigenvalue weighted by atomic mass is 15.0. The molecule has 0 bridgehead atoms. The van der Waals surface area contributed by atoms with Gasteiger partial charge in [0.1, 0.15) is 12.1 Å². The van der Waals surface area contributed by atoms with E-state index < -0.39 is 0 Å². The number of benzene rings is 4. The van der Waals surface area contributed by atoms with Gasteiger partial charge in [-0.2, -0.15) is 10.5 Å². The summed E-state index contributed by atoms with van der Waals surface area (Å²) in [6.07, 6.45) is 3.22. The Hall–Kier alpha value is -5.26. The fraction of sp³-hybridized carbons (Fsp3) is 0.0625. The second kappa shape index (κ2) is 8.75. The first-order valence-corrected chi connectivity index (χ1v) is 12.0. The van der Waals surface area contributed by atoms with Gasteiger partial charge in [0.25, 0.3) is 0 Å². The van der Waals surface area contributed by atoms with Crippen molar-refractivity contribution in [1.29, 1.82) is 10.5 Å². The van der Waals surface area contributed by atoms with Crippen molar-refractivity contribution in [1.82, 2.24) is 14.5 Å². The molecule has 4 aromatic carbocycles. The Kier molecular flexibility index (Phi) is 5.26. The zero-order valence-corrected chi connectivity index (χ0v) is 20.4. The van der Waals surface area contributed by atoms with Crippen molar-refractivity contribution < 1.29 is 0 Å². The Balaban J connectivity index is 1.59. The van der Waals surface area contributed by atoms with Crippen molar-refractivity contribution in [2.75, 3.05) is 0 Å². The molecule has 37 heavy (non-hydrogen) atoms. The SMILES string of the molecule is Cc1ccc(-c2ccc3c4ccccc4n(-c4ccc(-c5cnc(C#N)nc5)cc4C#N)c3c2)c(C)c1. The molecule has 0 aliphatic heterocycles. The van der Waals surface area contributed by atoms with Crippen LogP contribution in [0.4, 0.5) is 0 Å². The van der Waals surface area contributed by atoms with Crippen LogP contribution < -0.4 is 0 Å². The third kappa shape index (κ3) is 3.71. The summed E-state index contributed by atoms with van der Waals surface area (Å²) in [6, 6.07) is 31.5. The highest BCUT2D eigenvalue weighted by Gasteiger charge is 2.17. The average Bonchev–Trinajstić information content (AvgIpc) is 3.26. The van der Waals surface area contributed by atoms with Crippen LogP contribution in [0.15, 0.2) is 91.3 Å². The van der Waals surface area contributed by atoms with E-state index in [0.717, 1.165) is 44.2 Å². The van der Waals surface area contributed by atoms with Crippen LogP contribution in [0.25, 0.3) is 49.7 Å². The number of aromatic nitrogens is 3. The van der Waals surface area contributed by atoms with Gasteiger partial charge < -0.3 is 4.57 Å². The maximum atomic E-state index is 10.2. The van der Waals surface area contributed by atoms with Crippen LogP contribution in [-0.4, -0.2) is 14.5 Å². The molecule has 0 aliphatic rings. The van der Waals surface area contributed by atoms with E-state index in [4.69, 9.17) is 5.26 Å². The number of rotatable bonds is 3. The van der Waals surface area contributed by atoms with Gasteiger partial charge in [0, 0.05) is 28.7 Å². The monoisotopic (exact) mass is 475 g/mol. The Labute approximate surface area is 214 Å². The second-order valence-electron chi connectivity index (χ2n) is 9.15. The maximum Gasteiger partial charge on any atom is 0.232 e. The number of para-hydroxylation sites is 1. The van der Waals surface area contributed by atoms with Gasteiger partial charge in [-0.3, -0.25) is 0 Å². The molecule has 0 spiro atoms. The van der Waals surface area contributed by atoms with Gasteiger partial charge in [0.2, 0.25) is 5.82 Å². The van der Waals surface area contributed by atoms with Gasteiger partial charge in [0.15, 0.2) is 0 Å². The van der Waals surface area contributed by atoms with Gasteiger partial charge in [-0.1, -0.05) is 60.2 Å². The largest absolute Gasteiger partial charge is 0.308 e. The lowest BCUT2D eigenvalue weighted by atomic mass is 9.97. The fourth-order valence-electron chi connectivity index (χ4n) is 5.07. The minimum absolute atomic E-state index is 0.116. The lowest BCUT2D eigenvalue weighted by Gasteiger charge is -2.13. The molecule has 0 unspecified atom stereocenters. The lowest BCUT2D eigenvalue weighted by Crippen LogP contribution is -1.98. The molecule has 6 rings (SSSR count). The van der Waals surface area contributed by atoms with E-state index >= 15 is 0 Å². The van der Waals surface area contributed by atoms with Gasteiger partial charge in [-0.25, -0.2) is 9.97 Å². The molecular weight excluding hydrogens is 454 g/mol. The van der Waals surface area contributed by atoms with Crippen LogP contribution in [-0.2, 0) is 0 Å². The molecule has 0 aliphatic carbocycles. The quantitative estimate of drug-likeness (QED) is 0.270. The molecule has 0 saturated carbocycles. The molecule has 174 valence electrons. The van der Waals surface area contributed by atoms with Crippen LogP contribution in [0.1, 0.15) is 22.5 Å². The molecule has 6 aromatic rings. The molecule has 0 radical (unpaired) electrons. The van der Waals surface area contributed by atoms with Crippen LogP contribution in [0, 0.1) is 36.5 Å². The average molecular weight is 476 g/mol. The Morgan fingerprint density at radius 2 is 1.43 bits per heavy atom. The van der Waals surface area contributed by atoms with Crippen molar-refractivity contribution in [2.24, 2.45) is 0 Å². The molecule has 5 heteroatoms. The first-order chi connectivity index (χ1) is 18.1.